The fraction of sp³-hybridized carbons (Fsp3) is 0.176. The van der Waals surface area contributed by atoms with E-state index in [2.05, 4.69) is 16.7 Å². The van der Waals surface area contributed by atoms with E-state index in [0.717, 1.165) is 16.8 Å². The maximum absolute atomic E-state index is 12.4. The molecule has 2 N–H and O–H groups in total. The number of carbonyl (C=O) groups is 1. The summed E-state index contributed by atoms with van der Waals surface area (Å²) in [5.74, 6) is -0.211. The first-order valence-corrected chi connectivity index (χ1v) is 6.66. The molecule has 0 saturated carbocycles. The van der Waals surface area contributed by atoms with Crippen LogP contribution in [0.4, 0.5) is 11.4 Å². The zero-order chi connectivity index (χ0) is 15.4. The van der Waals surface area contributed by atoms with Crippen LogP contribution < -0.4 is 10.6 Å². The van der Waals surface area contributed by atoms with E-state index in [9.17, 15) is 10.1 Å². The molecular formula is C17H17N3O. The number of hydrogen-bond acceptors (Lipinski definition) is 3. The number of amides is 1. The minimum Gasteiger partial charge on any atom is -0.388 e. The van der Waals surface area contributed by atoms with Crippen LogP contribution in [0.3, 0.4) is 0 Å². The van der Waals surface area contributed by atoms with Crippen LogP contribution in [0.2, 0.25) is 0 Å². The summed E-state index contributed by atoms with van der Waals surface area (Å²) in [5, 5.41) is 15.0. The van der Waals surface area contributed by atoms with E-state index in [4.69, 9.17) is 0 Å². The molecule has 4 nitrogen and oxygen atoms in total. The second-order valence-electron chi connectivity index (χ2n) is 4.84. The molecule has 0 saturated heterocycles. The summed E-state index contributed by atoms with van der Waals surface area (Å²) >= 11 is 0. The van der Waals surface area contributed by atoms with E-state index in [0.29, 0.717) is 16.8 Å². The number of anilines is 2. The van der Waals surface area contributed by atoms with E-state index >= 15 is 0 Å². The first-order chi connectivity index (χ1) is 10.1. The van der Waals surface area contributed by atoms with Gasteiger partial charge < -0.3 is 10.6 Å². The van der Waals surface area contributed by atoms with Crippen LogP contribution in [0.1, 0.15) is 27.0 Å². The zero-order valence-electron chi connectivity index (χ0n) is 12.3. The van der Waals surface area contributed by atoms with Crippen LogP contribution in [0.25, 0.3) is 0 Å². The highest BCUT2D eigenvalue weighted by molar-refractivity contribution is 6.06. The Labute approximate surface area is 124 Å². The third-order valence-electron chi connectivity index (χ3n) is 3.39. The summed E-state index contributed by atoms with van der Waals surface area (Å²) in [6.07, 6.45) is 0. The maximum atomic E-state index is 12.4. The lowest BCUT2D eigenvalue weighted by Gasteiger charge is -2.11. The highest BCUT2D eigenvalue weighted by Gasteiger charge is 2.12. The topological polar surface area (TPSA) is 64.9 Å². The zero-order valence-corrected chi connectivity index (χ0v) is 12.3. The van der Waals surface area contributed by atoms with Gasteiger partial charge in [-0.15, -0.1) is 0 Å². The van der Waals surface area contributed by atoms with Crippen LogP contribution in [0.15, 0.2) is 36.4 Å². The fourth-order valence-corrected chi connectivity index (χ4v) is 2.18. The summed E-state index contributed by atoms with van der Waals surface area (Å²) in [5.41, 5.74) is 4.31. The van der Waals surface area contributed by atoms with E-state index < -0.39 is 0 Å². The molecule has 2 aromatic carbocycles. The molecule has 0 bridgehead atoms. The van der Waals surface area contributed by atoms with Crippen molar-refractivity contribution in [2.75, 3.05) is 17.7 Å². The van der Waals surface area contributed by atoms with Crippen LogP contribution in [0.5, 0.6) is 0 Å². The molecule has 21 heavy (non-hydrogen) atoms. The smallest absolute Gasteiger partial charge is 0.255 e. The average molecular weight is 279 g/mol. The molecule has 0 radical (unpaired) electrons. The molecular weight excluding hydrogens is 262 g/mol. The molecule has 0 spiro atoms. The molecule has 2 aromatic rings. The van der Waals surface area contributed by atoms with Gasteiger partial charge in [-0.1, -0.05) is 12.1 Å². The van der Waals surface area contributed by atoms with Gasteiger partial charge in [0.15, 0.2) is 0 Å². The Kier molecular flexibility index (Phi) is 4.24. The third-order valence-corrected chi connectivity index (χ3v) is 3.39. The van der Waals surface area contributed by atoms with Crippen molar-refractivity contribution in [2.45, 2.75) is 13.8 Å². The number of carbonyl (C=O) groups excluding carboxylic acids is 1. The molecule has 106 valence electrons. The largest absolute Gasteiger partial charge is 0.388 e. The van der Waals surface area contributed by atoms with Crippen LogP contribution in [-0.4, -0.2) is 13.0 Å². The summed E-state index contributed by atoms with van der Waals surface area (Å²) in [6, 6.07) is 13.1. The Bertz CT molecular complexity index is 729. The van der Waals surface area contributed by atoms with E-state index in [1.165, 1.54) is 0 Å². The van der Waals surface area contributed by atoms with Crippen molar-refractivity contribution in [1.82, 2.24) is 0 Å². The standard InChI is InChI=1S/C17H17N3O/c1-11-5-4-6-16(15(11)10-18)20-17(21)14-8-7-13(19-3)9-12(14)2/h4-9,19H,1-3H3,(H,20,21). The van der Waals surface area contributed by atoms with Crippen molar-refractivity contribution in [1.29, 1.82) is 5.26 Å². The number of aryl methyl sites for hydroxylation is 2. The van der Waals surface area contributed by atoms with Gasteiger partial charge in [-0.2, -0.15) is 5.26 Å². The van der Waals surface area contributed by atoms with Crippen molar-refractivity contribution in [3.8, 4) is 6.07 Å². The van der Waals surface area contributed by atoms with Crippen molar-refractivity contribution < 1.29 is 4.79 Å². The quantitative estimate of drug-likeness (QED) is 0.904. The number of nitriles is 1. The summed E-state index contributed by atoms with van der Waals surface area (Å²) in [7, 11) is 1.83. The molecule has 0 aliphatic heterocycles. The van der Waals surface area contributed by atoms with Crippen molar-refractivity contribution in [3.63, 3.8) is 0 Å². The number of benzene rings is 2. The third kappa shape index (κ3) is 3.03. The van der Waals surface area contributed by atoms with Gasteiger partial charge in [0.25, 0.3) is 5.91 Å². The lowest BCUT2D eigenvalue weighted by atomic mass is 10.1. The first kappa shape index (κ1) is 14.6. The van der Waals surface area contributed by atoms with Gasteiger partial charge in [-0.25, -0.2) is 0 Å². The summed E-state index contributed by atoms with van der Waals surface area (Å²) < 4.78 is 0. The molecule has 0 aliphatic rings. The lowest BCUT2D eigenvalue weighted by molar-refractivity contribution is 0.102. The number of nitrogens with zero attached hydrogens (tertiary/aromatic N) is 1. The van der Waals surface area contributed by atoms with E-state index in [1.807, 2.05) is 45.2 Å². The van der Waals surface area contributed by atoms with E-state index in [1.54, 1.807) is 12.1 Å². The number of nitrogens with one attached hydrogen (secondary N) is 2. The highest BCUT2D eigenvalue weighted by atomic mass is 16.1. The minimum atomic E-state index is -0.211. The number of rotatable bonds is 3. The Morgan fingerprint density at radius 2 is 1.90 bits per heavy atom. The Morgan fingerprint density at radius 1 is 1.14 bits per heavy atom. The average Bonchev–Trinajstić information content (AvgIpc) is 2.47. The van der Waals surface area contributed by atoms with Gasteiger partial charge >= 0.3 is 0 Å². The lowest BCUT2D eigenvalue weighted by Crippen LogP contribution is -2.14. The van der Waals surface area contributed by atoms with Crippen molar-refractivity contribution in [2.24, 2.45) is 0 Å². The van der Waals surface area contributed by atoms with Crippen LogP contribution >= 0.6 is 0 Å². The molecule has 1 amide bonds. The van der Waals surface area contributed by atoms with Gasteiger partial charge in [0, 0.05) is 18.3 Å². The van der Waals surface area contributed by atoms with E-state index in [-0.39, 0.29) is 5.91 Å². The highest BCUT2D eigenvalue weighted by Crippen LogP contribution is 2.21. The molecule has 0 unspecified atom stereocenters. The molecule has 0 heterocycles. The van der Waals surface area contributed by atoms with Gasteiger partial charge in [-0.3, -0.25) is 4.79 Å². The predicted octanol–water partition coefficient (Wildman–Crippen LogP) is 3.47. The predicted molar refractivity (Wildman–Crippen MR) is 84.6 cm³/mol. The molecule has 0 aliphatic carbocycles. The SMILES string of the molecule is CNc1ccc(C(=O)Nc2cccc(C)c2C#N)c(C)c1. The van der Waals surface area contributed by atoms with Crippen molar-refractivity contribution >= 4 is 17.3 Å². The van der Waals surface area contributed by atoms with Crippen LogP contribution in [-0.2, 0) is 0 Å². The molecule has 0 atom stereocenters. The molecule has 0 fully saturated rings. The van der Waals surface area contributed by atoms with Gasteiger partial charge in [0.2, 0.25) is 0 Å². The van der Waals surface area contributed by atoms with Crippen LogP contribution in [0, 0.1) is 25.2 Å². The Morgan fingerprint density at radius 3 is 2.52 bits per heavy atom. The molecule has 0 aromatic heterocycles. The maximum Gasteiger partial charge on any atom is 0.255 e. The fourth-order valence-electron chi connectivity index (χ4n) is 2.18. The Balaban J connectivity index is 2.31. The first-order valence-electron chi connectivity index (χ1n) is 6.66. The second-order valence-corrected chi connectivity index (χ2v) is 4.84. The van der Waals surface area contributed by atoms with Gasteiger partial charge in [0.05, 0.1) is 11.3 Å². The molecule has 2 rings (SSSR count). The Hall–Kier alpha value is -2.80. The second kappa shape index (κ2) is 6.10. The normalized spacial score (nSPS) is 9.81. The van der Waals surface area contributed by atoms with Crippen molar-refractivity contribution in [3.05, 3.63) is 58.7 Å². The summed E-state index contributed by atoms with van der Waals surface area (Å²) in [6.45, 7) is 3.73. The van der Waals surface area contributed by atoms with Gasteiger partial charge in [-0.05, 0) is 49.2 Å². The van der Waals surface area contributed by atoms with Gasteiger partial charge in [0.1, 0.15) is 6.07 Å². The molecule has 4 heteroatoms. The number of hydrogen-bond donors (Lipinski definition) is 2. The summed E-state index contributed by atoms with van der Waals surface area (Å²) in [4.78, 5) is 12.4. The monoisotopic (exact) mass is 279 g/mol. The minimum absolute atomic E-state index is 0.211.